The van der Waals surface area contributed by atoms with Gasteiger partial charge in [0.25, 0.3) is 5.91 Å². The summed E-state index contributed by atoms with van der Waals surface area (Å²) in [4.78, 5) is 16.8. The summed E-state index contributed by atoms with van der Waals surface area (Å²) < 4.78 is 5.76. The van der Waals surface area contributed by atoms with Crippen molar-refractivity contribution in [2.45, 2.75) is 38.1 Å². The van der Waals surface area contributed by atoms with Gasteiger partial charge in [-0.1, -0.05) is 31.4 Å². The molecule has 4 heteroatoms. The van der Waals surface area contributed by atoms with Crippen molar-refractivity contribution < 1.29 is 9.21 Å². The van der Waals surface area contributed by atoms with Crippen LogP contribution in [0.25, 0.3) is 22.6 Å². The number of amides is 1. The number of nitrogens with one attached hydrogen (secondary N) is 1. The van der Waals surface area contributed by atoms with Crippen LogP contribution in [-0.2, 0) is 0 Å². The Morgan fingerprint density at radius 3 is 2.50 bits per heavy atom. The summed E-state index contributed by atoms with van der Waals surface area (Å²) in [6, 6.07) is 15.5. The van der Waals surface area contributed by atoms with Crippen LogP contribution < -0.4 is 5.32 Å². The number of nitrogens with zero attached hydrogens (tertiary/aromatic N) is 1. The van der Waals surface area contributed by atoms with Crippen molar-refractivity contribution in [1.82, 2.24) is 10.3 Å². The van der Waals surface area contributed by atoms with E-state index in [1.165, 1.54) is 19.3 Å². The largest absolute Gasteiger partial charge is 0.436 e. The average Bonchev–Trinajstić information content (AvgIpc) is 3.07. The number of hydrogen-bond donors (Lipinski definition) is 1. The van der Waals surface area contributed by atoms with E-state index >= 15 is 0 Å². The van der Waals surface area contributed by atoms with Crippen LogP contribution in [-0.4, -0.2) is 16.9 Å². The second-order valence-electron chi connectivity index (χ2n) is 6.37. The van der Waals surface area contributed by atoms with Crippen LogP contribution in [0, 0.1) is 0 Å². The Kier molecular flexibility index (Phi) is 4.03. The molecule has 0 unspecified atom stereocenters. The van der Waals surface area contributed by atoms with E-state index in [2.05, 4.69) is 10.3 Å². The molecule has 0 radical (unpaired) electrons. The first-order valence-corrected chi connectivity index (χ1v) is 8.56. The van der Waals surface area contributed by atoms with E-state index in [0.717, 1.165) is 29.5 Å². The second kappa shape index (κ2) is 6.48. The Morgan fingerprint density at radius 1 is 1.00 bits per heavy atom. The fourth-order valence-corrected chi connectivity index (χ4v) is 3.28. The molecule has 1 N–H and O–H groups in total. The van der Waals surface area contributed by atoms with Crippen LogP contribution in [0.3, 0.4) is 0 Å². The van der Waals surface area contributed by atoms with Crippen LogP contribution in [0.4, 0.5) is 0 Å². The summed E-state index contributed by atoms with van der Waals surface area (Å²) >= 11 is 0. The zero-order valence-corrected chi connectivity index (χ0v) is 13.5. The number of benzene rings is 2. The molecule has 0 aliphatic heterocycles. The van der Waals surface area contributed by atoms with Crippen LogP contribution >= 0.6 is 0 Å². The quantitative estimate of drug-likeness (QED) is 0.770. The molecule has 0 atom stereocenters. The number of carbonyl (C=O) groups is 1. The number of oxazole rings is 1. The third-order valence-electron chi connectivity index (χ3n) is 4.63. The van der Waals surface area contributed by atoms with Crippen molar-refractivity contribution in [2.75, 3.05) is 0 Å². The fourth-order valence-electron chi connectivity index (χ4n) is 3.28. The van der Waals surface area contributed by atoms with Gasteiger partial charge < -0.3 is 9.73 Å². The first-order chi connectivity index (χ1) is 11.8. The van der Waals surface area contributed by atoms with Crippen molar-refractivity contribution in [3.8, 4) is 11.5 Å². The van der Waals surface area contributed by atoms with E-state index in [1.54, 1.807) is 0 Å². The number of rotatable bonds is 3. The first-order valence-electron chi connectivity index (χ1n) is 8.56. The Morgan fingerprint density at radius 2 is 1.75 bits per heavy atom. The molecule has 1 saturated carbocycles. The van der Waals surface area contributed by atoms with Gasteiger partial charge >= 0.3 is 0 Å². The van der Waals surface area contributed by atoms with Gasteiger partial charge in [-0.25, -0.2) is 4.98 Å². The number of hydrogen-bond acceptors (Lipinski definition) is 3. The van der Waals surface area contributed by atoms with Crippen molar-refractivity contribution in [3.63, 3.8) is 0 Å². The van der Waals surface area contributed by atoms with Crippen LogP contribution in [0.2, 0.25) is 0 Å². The molecule has 0 saturated heterocycles. The van der Waals surface area contributed by atoms with Gasteiger partial charge in [0.05, 0.1) is 0 Å². The number of fused-ring (bicyclic) bond motifs is 1. The maximum Gasteiger partial charge on any atom is 0.251 e. The molecular weight excluding hydrogens is 300 g/mol. The lowest BCUT2D eigenvalue weighted by molar-refractivity contribution is 0.0927. The lowest BCUT2D eigenvalue weighted by atomic mass is 9.95. The van der Waals surface area contributed by atoms with E-state index in [-0.39, 0.29) is 5.91 Å². The normalized spacial score (nSPS) is 15.5. The van der Waals surface area contributed by atoms with Crippen LogP contribution in [0.1, 0.15) is 42.5 Å². The smallest absolute Gasteiger partial charge is 0.251 e. The summed E-state index contributed by atoms with van der Waals surface area (Å²) in [6.45, 7) is 0. The molecule has 0 spiro atoms. The topological polar surface area (TPSA) is 55.1 Å². The van der Waals surface area contributed by atoms with Crippen molar-refractivity contribution in [3.05, 3.63) is 54.1 Å². The maximum absolute atomic E-state index is 12.4. The molecule has 24 heavy (non-hydrogen) atoms. The standard InChI is InChI=1S/C20H20N2O2/c23-19(21-16-6-2-1-3-7-16)14-10-12-15(13-11-14)20-22-17-8-4-5-9-18(17)24-20/h4-5,8-13,16H,1-3,6-7H2,(H,21,23). The van der Waals surface area contributed by atoms with Crippen LogP contribution in [0.15, 0.2) is 52.9 Å². The lowest BCUT2D eigenvalue weighted by Crippen LogP contribution is -2.36. The monoisotopic (exact) mass is 320 g/mol. The average molecular weight is 320 g/mol. The van der Waals surface area contributed by atoms with Gasteiger partial charge in [-0.3, -0.25) is 4.79 Å². The molecule has 2 aromatic carbocycles. The summed E-state index contributed by atoms with van der Waals surface area (Å²) in [7, 11) is 0. The third-order valence-corrected chi connectivity index (χ3v) is 4.63. The molecule has 0 bridgehead atoms. The number of carbonyl (C=O) groups excluding carboxylic acids is 1. The predicted octanol–water partition coefficient (Wildman–Crippen LogP) is 4.56. The van der Waals surface area contributed by atoms with Gasteiger partial charge in [0.15, 0.2) is 5.58 Å². The molecule has 1 aliphatic rings. The molecule has 1 aromatic heterocycles. The Labute approximate surface area is 140 Å². The Hall–Kier alpha value is -2.62. The highest BCUT2D eigenvalue weighted by Crippen LogP contribution is 2.24. The molecule has 1 fully saturated rings. The number of aromatic nitrogens is 1. The summed E-state index contributed by atoms with van der Waals surface area (Å²) in [5.74, 6) is 0.585. The second-order valence-corrected chi connectivity index (χ2v) is 6.37. The van der Waals surface area contributed by atoms with Gasteiger partial charge in [0.2, 0.25) is 5.89 Å². The minimum atomic E-state index is 0.00557. The highest BCUT2D eigenvalue weighted by atomic mass is 16.3. The van der Waals surface area contributed by atoms with Gasteiger partial charge in [-0.15, -0.1) is 0 Å². The van der Waals surface area contributed by atoms with E-state index < -0.39 is 0 Å². The number of para-hydroxylation sites is 2. The van der Waals surface area contributed by atoms with Crippen LogP contribution in [0.5, 0.6) is 0 Å². The van der Waals surface area contributed by atoms with Crippen molar-refractivity contribution in [1.29, 1.82) is 0 Å². The summed E-state index contributed by atoms with van der Waals surface area (Å²) in [6.07, 6.45) is 5.88. The SMILES string of the molecule is O=C(NC1CCCCC1)c1ccc(-c2nc3ccccc3o2)cc1. The summed E-state index contributed by atoms with van der Waals surface area (Å²) in [5, 5.41) is 3.14. The van der Waals surface area contributed by atoms with Gasteiger partial charge in [0, 0.05) is 17.2 Å². The minimum absolute atomic E-state index is 0.00557. The summed E-state index contributed by atoms with van der Waals surface area (Å²) in [5.41, 5.74) is 3.17. The molecule has 4 rings (SSSR count). The van der Waals surface area contributed by atoms with Gasteiger partial charge in [0.1, 0.15) is 5.52 Å². The van der Waals surface area contributed by atoms with E-state index in [1.807, 2.05) is 48.5 Å². The fraction of sp³-hybridized carbons (Fsp3) is 0.300. The first kappa shape index (κ1) is 14.9. The molecule has 1 heterocycles. The maximum atomic E-state index is 12.4. The minimum Gasteiger partial charge on any atom is -0.436 e. The van der Waals surface area contributed by atoms with E-state index in [0.29, 0.717) is 17.5 Å². The van der Waals surface area contributed by atoms with E-state index in [4.69, 9.17) is 4.42 Å². The Bertz CT molecular complexity index is 812. The molecular formula is C20H20N2O2. The molecule has 122 valence electrons. The molecule has 1 aliphatic carbocycles. The van der Waals surface area contributed by atoms with Crippen molar-refractivity contribution in [2.24, 2.45) is 0 Å². The Balaban J connectivity index is 1.50. The zero-order chi connectivity index (χ0) is 16.4. The zero-order valence-electron chi connectivity index (χ0n) is 13.5. The highest BCUT2D eigenvalue weighted by Gasteiger charge is 2.17. The van der Waals surface area contributed by atoms with Crippen molar-refractivity contribution >= 4 is 17.0 Å². The third kappa shape index (κ3) is 3.04. The predicted molar refractivity (Wildman–Crippen MR) is 93.8 cm³/mol. The molecule has 3 aromatic rings. The molecule has 4 nitrogen and oxygen atoms in total. The molecule has 1 amide bonds. The highest BCUT2D eigenvalue weighted by molar-refractivity contribution is 5.94. The lowest BCUT2D eigenvalue weighted by Gasteiger charge is -2.22. The van der Waals surface area contributed by atoms with Gasteiger partial charge in [-0.05, 0) is 49.2 Å². The van der Waals surface area contributed by atoms with Gasteiger partial charge in [-0.2, -0.15) is 0 Å². The van der Waals surface area contributed by atoms with E-state index in [9.17, 15) is 4.79 Å².